The minimum Gasteiger partial charge on any atom is -0.497 e. The van der Waals surface area contributed by atoms with Crippen LogP contribution in [0.1, 0.15) is 30.5 Å². The maximum absolute atomic E-state index is 6.04. The number of methoxy groups -OCH3 is 1. The van der Waals surface area contributed by atoms with Gasteiger partial charge >= 0.3 is 0 Å². The summed E-state index contributed by atoms with van der Waals surface area (Å²) >= 11 is 0. The van der Waals surface area contributed by atoms with Gasteiger partial charge in [0.2, 0.25) is 0 Å². The van der Waals surface area contributed by atoms with Crippen LogP contribution in [0.2, 0.25) is 0 Å². The molecule has 0 spiro atoms. The molecule has 0 amide bonds. The van der Waals surface area contributed by atoms with Crippen LogP contribution < -0.4 is 10.1 Å². The van der Waals surface area contributed by atoms with Crippen LogP contribution in [0.25, 0.3) is 0 Å². The Morgan fingerprint density at radius 3 is 2.90 bits per heavy atom. The van der Waals surface area contributed by atoms with Crippen LogP contribution in [0.5, 0.6) is 5.75 Å². The molecule has 0 radical (unpaired) electrons. The number of likely N-dealkylation sites (N-methyl/N-ethyl adjacent to an activating group) is 1. The van der Waals surface area contributed by atoms with E-state index in [0.717, 1.165) is 32.0 Å². The predicted molar refractivity (Wildman–Crippen MR) is 86.0 cm³/mol. The van der Waals surface area contributed by atoms with E-state index in [0.29, 0.717) is 0 Å². The lowest BCUT2D eigenvalue weighted by atomic mass is 9.95. The molecule has 1 heterocycles. The number of ether oxygens (including phenoxy) is 2. The van der Waals surface area contributed by atoms with E-state index in [9.17, 15) is 0 Å². The minimum absolute atomic E-state index is 0.197. The summed E-state index contributed by atoms with van der Waals surface area (Å²) in [7, 11) is 3.72. The first kappa shape index (κ1) is 16.3. The number of nitrogens with zero attached hydrogens (tertiary/aromatic N) is 1. The van der Waals surface area contributed by atoms with Crippen molar-refractivity contribution in [2.75, 3.05) is 40.4 Å². The maximum Gasteiger partial charge on any atom is 0.119 e. The van der Waals surface area contributed by atoms with Crippen LogP contribution in [-0.2, 0) is 4.74 Å². The maximum atomic E-state index is 6.04. The van der Waals surface area contributed by atoms with Gasteiger partial charge in [0.1, 0.15) is 5.75 Å². The summed E-state index contributed by atoms with van der Waals surface area (Å²) in [6.45, 7) is 8.37. The highest BCUT2D eigenvalue weighted by Gasteiger charge is 2.28. The molecule has 1 aliphatic heterocycles. The molecule has 1 aromatic rings. The van der Waals surface area contributed by atoms with Gasteiger partial charge in [0.15, 0.2) is 0 Å². The number of morpholine rings is 1. The molecule has 0 aromatic heterocycles. The number of nitrogens with one attached hydrogen (secondary N) is 1. The van der Waals surface area contributed by atoms with Crippen molar-refractivity contribution >= 4 is 0 Å². The predicted octanol–water partition coefficient (Wildman–Crippen LogP) is 2.37. The molecule has 0 aliphatic carbocycles. The Balaban J connectivity index is 2.15. The smallest absolute Gasteiger partial charge is 0.119 e. The fraction of sp³-hybridized carbons (Fsp3) is 0.647. The molecule has 2 atom stereocenters. The van der Waals surface area contributed by atoms with Crippen molar-refractivity contribution in [1.82, 2.24) is 10.2 Å². The van der Waals surface area contributed by atoms with Crippen LogP contribution in [0, 0.1) is 6.92 Å². The average Bonchev–Trinajstić information content (AvgIpc) is 2.50. The van der Waals surface area contributed by atoms with Crippen LogP contribution >= 0.6 is 0 Å². The molecule has 1 saturated heterocycles. The van der Waals surface area contributed by atoms with Crippen LogP contribution in [0.3, 0.4) is 0 Å². The van der Waals surface area contributed by atoms with Gasteiger partial charge in [-0.1, -0.05) is 13.0 Å². The Hall–Kier alpha value is -1.10. The topological polar surface area (TPSA) is 33.7 Å². The highest BCUT2D eigenvalue weighted by Crippen LogP contribution is 2.27. The third-order valence-electron chi connectivity index (χ3n) is 4.21. The molecule has 0 bridgehead atoms. The number of rotatable bonds is 6. The second kappa shape index (κ2) is 7.78. The molecule has 2 unspecified atom stereocenters. The highest BCUT2D eigenvalue weighted by molar-refractivity contribution is 5.37. The SMILES string of the molecule is CCCN1CCOC(C(NC)c2ccc(OC)cc2C)C1. The minimum atomic E-state index is 0.197. The summed E-state index contributed by atoms with van der Waals surface area (Å²) in [6.07, 6.45) is 1.39. The summed E-state index contributed by atoms with van der Waals surface area (Å²) in [5, 5.41) is 3.44. The van der Waals surface area contributed by atoms with E-state index in [1.807, 2.05) is 13.1 Å². The van der Waals surface area contributed by atoms with Gasteiger partial charge in [0.05, 0.1) is 25.9 Å². The zero-order valence-corrected chi connectivity index (χ0v) is 13.7. The second-order valence-corrected chi connectivity index (χ2v) is 5.70. The Morgan fingerprint density at radius 1 is 1.48 bits per heavy atom. The Labute approximate surface area is 128 Å². The quantitative estimate of drug-likeness (QED) is 0.873. The van der Waals surface area contributed by atoms with E-state index in [2.05, 4.69) is 36.2 Å². The fourth-order valence-corrected chi connectivity index (χ4v) is 3.12. The average molecular weight is 292 g/mol. The van der Waals surface area contributed by atoms with Gasteiger partial charge in [0.25, 0.3) is 0 Å². The summed E-state index contributed by atoms with van der Waals surface area (Å²) in [5.41, 5.74) is 2.53. The monoisotopic (exact) mass is 292 g/mol. The molecule has 21 heavy (non-hydrogen) atoms. The van der Waals surface area contributed by atoms with Crippen LogP contribution in [0.4, 0.5) is 0 Å². The normalized spacial score (nSPS) is 21.2. The Morgan fingerprint density at radius 2 is 2.29 bits per heavy atom. The van der Waals surface area contributed by atoms with Crippen molar-refractivity contribution in [3.05, 3.63) is 29.3 Å². The zero-order valence-electron chi connectivity index (χ0n) is 13.7. The number of benzene rings is 1. The van der Waals surface area contributed by atoms with Gasteiger partial charge in [-0.05, 0) is 50.2 Å². The van der Waals surface area contributed by atoms with E-state index in [4.69, 9.17) is 9.47 Å². The van der Waals surface area contributed by atoms with Crippen molar-refractivity contribution in [2.45, 2.75) is 32.4 Å². The van der Waals surface area contributed by atoms with Gasteiger partial charge in [0, 0.05) is 13.1 Å². The molecule has 2 rings (SSSR count). The molecule has 1 aromatic carbocycles. The largest absolute Gasteiger partial charge is 0.497 e. The lowest BCUT2D eigenvalue weighted by Crippen LogP contribution is -2.48. The van der Waals surface area contributed by atoms with Gasteiger partial charge < -0.3 is 14.8 Å². The fourth-order valence-electron chi connectivity index (χ4n) is 3.12. The lowest BCUT2D eigenvalue weighted by molar-refractivity contribution is -0.0460. The van der Waals surface area contributed by atoms with Gasteiger partial charge in [-0.25, -0.2) is 0 Å². The number of aryl methyl sites for hydroxylation is 1. The van der Waals surface area contributed by atoms with E-state index in [1.54, 1.807) is 7.11 Å². The summed E-state index contributed by atoms with van der Waals surface area (Å²) in [5.74, 6) is 0.906. The second-order valence-electron chi connectivity index (χ2n) is 5.70. The van der Waals surface area contributed by atoms with Gasteiger partial charge in [-0.3, -0.25) is 4.90 Å². The molecular weight excluding hydrogens is 264 g/mol. The summed E-state index contributed by atoms with van der Waals surface area (Å²) < 4.78 is 11.3. The molecule has 4 heteroatoms. The first-order chi connectivity index (χ1) is 10.2. The van der Waals surface area contributed by atoms with Gasteiger partial charge in [-0.15, -0.1) is 0 Å². The standard InChI is InChI=1S/C17H28N2O2/c1-5-8-19-9-10-21-16(12-19)17(18-3)15-7-6-14(20-4)11-13(15)2/h6-7,11,16-18H,5,8-10,12H2,1-4H3. The van der Waals surface area contributed by atoms with Crippen molar-refractivity contribution < 1.29 is 9.47 Å². The third kappa shape index (κ3) is 3.96. The first-order valence-corrected chi connectivity index (χ1v) is 7.85. The third-order valence-corrected chi connectivity index (χ3v) is 4.21. The van der Waals surface area contributed by atoms with E-state index in [-0.39, 0.29) is 12.1 Å². The van der Waals surface area contributed by atoms with Crippen molar-refractivity contribution in [3.8, 4) is 5.75 Å². The lowest BCUT2D eigenvalue weighted by Gasteiger charge is -2.37. The zero-order chi connectivity index (χ0) is 15.2. The van der Waals surface area contributed by atoms with E-state index >= 15 is 0 Å². The molecule has 4 nitrogen and oxygen atoms in total. The number of hydrogen-bond donors (Lipinski definition) is 1. The van der Waals surface area contributed by atoms with E-state index in [1.165, 1.54) is 17.5 Å². The summed E-state index contributed by atoms with van der Waals surface area (Å²) in [6, 6.07) is 6.49. The van der Waals surface area contributed by atoms with Crippen molar-refractivity contribution in [1.29, 1.82) is 0 Å². The molecule has 118 valence electrons. The first-order valence-electron chi connectivity index (χ1n) is 7.85. The van der Waals surface area contributed by atoms with Gasteiger partial charge in [-0.2, -0.15) is 0 Å². The molecule has 1 N–H and O–H groups in total. The molecule has 1 aliphatic rings. The highest BCUT2D eigenvalue weighted by atomic mass is 16.5. The Kier molecular flexibility index (Phi) is 6.03. The van der Waals surface area contributed by atoms with E-state index < -0.39 is 0 Å². The molecule has 0 saturated carbocycles. The molecular formula is C17H28N2O2. The van der Waals surface area contributed by atoms with Crippen LogP contribution in [-0.4, -0.2) is 51.4 Å². The molecule has 1 fully saturated rings. The number of hydrogen-bond acceptors (Lipinski definition) is 4. The van der Waals surface area contributed by atoms with Crippen molar-refractivity contribution in [2.24, 2.45) is 0 Å². The van der Waals surface area contributed by atoms with Crippen molar-refractivity contribution in [3.63, 3.8) is 0 Å². The van der Waals surface area contributed by atoms with Crippen LogP contribution in [0.15, 0.2) is 18.2 Å². The summed E-state index contributed by atoms with van der Waals surface area (Å²) in [4.78, 5) is 2.50. The Bertz CT molecular complexity index is 448.